The van der Waals surface area contributed by atoms with Crippen LogP contribution in [0.1, 0.15) is 105 Å². The van der Waals surface area contributed by atoms with Gasteiger partial charge >= 0.3 is 11.9 Å². The van der Waals surface area contributed by atoms with E-state index in [1.807, 2.05) is 0 Å². The first-order valence-electron chi connectivity index (χ1n) is 28.0. The summed E-state index contributed by atoms with van der Waals surface area (Å²) < 4.78 is 0. The Labute approximate surface area is 498 Å². The summed E-state index contributed by atoms with van der Waals surface area (Å²) in [5, 5.41) is 65.6. The van der Waals surface area contributed by atoms with Gasteiger partial charge in [-0.15, -0.1) is 0 Å². The lowest BCUT2D eigenvalue weighted by Gasteiger charge is -2.29. The number of aldehydes is 1. The van der Waals surface area contributed by atoms with Gasteiger partial charge in [-0.05, 0) is 81.0 Å². The van der Waals surface area contributed by atoms with Crippen molar-refractivity contribution in [3.05, 3.63) is 48.2 Å². The number of hydrogen-bond donors (Lipinski definition) is 17. The standard InChI is InChI=1S/C55H87N13O18/c1-29(2)22-36(62-46(77)32(7)56)49(80)66-40(27-70)53(84)63-37(23-30(3)4)50(81)67-41(28-71)54(85)65-39(25-42(57)72)51(82)60-34(16-11-12-19-58-20-13-21-69)48(79)64-38(24-33-14-9-8-10-15-33)52(83)68-45(31(5)6)55(86)61-35(17-18-43(73)74)47(78)59-26-44(75)76/h8-10,13-15,20-21,29-32,34-41,45,58,70-71H,11-12,16-19,22-28,56H2,1-7H3,(H2,57,72)(H,59,78)(H,60,82)(H,61,86)(H,62,77)(H,63,84)(H,64,79)(H,65,85)(H,66,80)(H,67,81)(H,68,83)(H,73,74)(H,75,76)/b20-13+/t32-,34-,35-,36-,37-,38-,39-,40-,41-,45-/m0/s1. The average molecular weight is 1220 g/mol. The minimum Gasteiger partial charge on any atom is -0.481 e. The molecule has 0 heterocycles. The zero-order valence-electron chi connectivity index (χ0n) is 49.5. The average Bonchev–Trinajstić information content (AvgIpc) is 3.28. The van der Waals surface area contributed by atoms with Crippen LogP contribution in [0, 0.1) is 17.8 Å². The van der Waals surface area contributed by atoms with Crippen molar-refractivity contribution in [1.82, 2.24) is 58.5 Å². The van der Waals surface area contributed by atoms with Crippen LogP contribution in [0.15, 0.2) is 42.6 Å². The molecule has 1 aromatic carbocycles. The smallest absolute Gasteiger partial charge is 0.322 e. The lowest BCUT2D eigenvalue weighted by Crippen LogP contribution is -2.62. The molecule has 0 aromatic heterocycles. The van der Waals surface area contributed by atoms with E-state index in [1.165, 1.54) is 33.0 Å². The number of rotatable bonds is 42. The first kappa shape index (κ1) is 75.4. The Bertz CT molecular complexity index is 2500. The largest absolute Gasteiger partial charge is 0.481 e. The number of aliphatic hydroxyl groups excluding tert-OH is 2. The quantitative estimate of drug-likeness (QED) is 0.0166. The van der Waals surface area contributed by atoms with Crippen molar-refractivity contribution in [3.8, 4) is 0 Å². The molecule has 0 aliphatic heterocycles. The number of aliphatic carboxylic acids is 2. The maximum Gasteiger partial charge on any atom is 0.322 e. The summed E-state index contributed by atoms with van der Waals surface area (Å²) in [6, 6.07) is -6.92. The number of carboxylic acid groups (broad SMARTS) is 2. The number of benzene rings is 1. The Morgan fingerprint density at radius 3 is 1.43 bits per heavy atom. The van der Waals surface area contributed by atoms with Crippen LogP contribution in [-0.2, 0) is 73.5 Å². The molecule has 1 rings (SSSR count). The van der Waals surface area contributed by atoms with E-state index >= 15 is 0 Å². The highest BCUT2D eigenvalue weighted by Crippen LogP contribution is 2.13. The van der Waals surface area contributed by atoms with Crippen LogP contribution in [0.5, 0.6) is 0 Å². The van der Waals surface area contributed by atoms with Crippen LogP contribution in [0.3, 0.4) is 0 Å². The molecule has 0 spiro atoms. The van der Waals surface area contributed by atoms with Gasteiger partial charge in [-0.25, -0.2) is 0 Å². The topological polar surface area (TPSA) is 504 Å². The molecule has 0 radical (unpaired) electrons. The van der Waals surface area contributed by atoms with E-state index in [0.717, 1.165) is 0 Å². The SMILES string of the molecule is CC(C)C[C@H](NC(=O)[C@H](C)N)C(=O)N[C@@H](CO)C(=O)N[C@@H](CC(C)C)C(=O)N[C@@H](CO)C(=O)N[C@@H](CC(N)=O)C(=O)N[C@@H](CCCCN/C=C/C=O)C(=O)N[C@@H](Cc1ccccc1)C(=O)N[C@H](C(=O)N[C@@H](CCC(=O)O)C(=O)NCC(=O)O)C(C)C. The summed E-state index contributed by atoms with van der Waals surface area (Å²) in [5.41, 5.74) is 11.7. The van der Waals surface area contributed by atoms with Gasteiger partial charge < -0.3 is 90.4 Å². The number of primary amides is 1. The van der Waals surface area contributed by atoms with E-state index in [4.69, 9.17) is 16.6 Å². The van der Waals surface area contributed by atoms with Crippen molar-refractivity contribution in [2.45, 2.75) is 167 Å². The lowest BCUT2D eigenvalue weighted by atomic mass is 9.99. The highest BCUT2D eigenvalue weighted by atomic mass is 16.4. The third kappa shape index (κ3) is 29.8. The molecule has 0 aliphatic carbocycles. The van der Waals surface area contributed by atoms with Crippen molar-refractivity contribution < 1.29 is 87.5 Å². The number of unbranched alkanes of at least 4 members (excludes halogenated alkanes) is 1. The molecule has 19 N–H and O–H groups in total. The molecule has 31 heteroatoms. The van der Waals surface area contributed by atoms with Gasteiger partial charge in [0.1, 0.15) is 67.2 Å². The van der Waals surface area contributed by atoms with Crippen molar-refractivity contribution in [2.75, 3.05) is 26.3 Å². The van der Waals surface area contributed by atoms with Crippen LogP contribution < -0.4 is 70.0 Å². The zero-order chi connectivity index (χ0) is 65.2. The molecule has 480 valence electrons. The fourth-order valence-electron chi connectivity index (χ4n) is 8.11. The Morgan fingerprint density at radius 2 is 0.953 bits per heavy atom. The Kier molecular flexibility index (Phi) is 35.0. The summed E-state index contributed by atoms with van der Waals surface area (Å²) in [5.74, 6) is -15.0. The van der Waals surface area contributed by atoms with E-state index in [-0.39, 0.29) is 50.5 Å². The minimum atomic E-state index is -1.90. The molecular formula is C55H87N13O18. The van der Waals surface area contributed by atoms with E-state index in [2.05, 4.69) is 58.5 Å². The van der Waals surface area contributed by atoms with Crippen LogP contribution in [-0.4, -0.2) is 190 Å². The highest BCUT2D eigenvalue weighted by molar-refractivity contribution is 6.00. The molecule has 0 saturated carbocycles. The second kappa shape index (κ2) is 39.9. The molecule has 86 heavy (non-hydrogen) atoms. The number of carbonyl (C=O) groups is 14. The maximum atomic E-state index is 14.5. The summed E-state index contributed by atoms with van der Waals surface area (Å²) >= 11 is 0. The fourth-order valence-corrected chi connectivity index (χ4v) is 8.11. The molecule has 0 aliphatic rings. The molecule has 11 amide bonds. The normalized spacial score (nSPS) is 14.7. The summed E-state index contributed by atoms with van der Waals surface area (Å²) in [4.78, 5) is 182. The fraction of sp³-hybridized carbons (Fsp3) is 0.600. The van der Waals surface area contributed by atoms with Crippen LogP contribution in [0.25, 0.3) is 0 Å². The number of amides is 11. The van der Waals surface area contributed by atoms with Gasteiger partial charge in [0, 0.05) is 19.4 Å². The number of nitrogens with one attached hydrogen (secondary N) is 11. The highest BCUT2D eigenvalue weighted by Gasteiger charge is 2.37. The van der Waals surface area contributed by atoms with Gasteiger partial charge in [0.2, 0.25) is 65.0 Å². The molecular weight excluding hydrogens is 1130 g/mol. The number of aliphatic hydroxyl groups is 2. The Balaban J connectivity index is 3.60. The third-order valence-electron chi connectivity index (χ3n) is 12.6. The molecule has 0 unspecified atom stereocenters. The minimum absolute atomic E-state index is 0.0959. The van der Waals surface area contributed by atoms with Gasteiger partial charge in [-0.1, -0.05) is 71.9 Å². The first-order chi connectivity index (χ1) is 40.4. The predicted octanol–water partition coefficient (Wildman–Crippen LogP) is -4.91. The van der Waals surface area contributed by atoms with Gasteiger partial charge in [-0.3, -0.25) is 67.1 Å². The lowest BCUT2D eigenvalue weighted by molar-refractivity contribution is -0.140. The number of nitrogens with two attached hydrogens (primary N) is 2. The van der Waals surface area contributed by atoms with Gasteiger partial charge in [0.15, 0.2) is 0 Å². The van der Waals surface area contributed by atoms with Gasteiger partial charge in [0.25, 0.3) is 0 Å². The summed E-state index contributed by atoms with van der Waals surface area (Å²) in [6.07, 6.45) is 1.24. The van der Waals surface area contributed by atoms with E-state index < -0.39 is 182 Å². The second-order valence-electron chi connectivity index (χ2n) is 21.5. The van der Waals surface area contributed by atoms with Crippen molar-refractivity contribution in [1.29, 1.82) is 0 Å². The van der Waals surface area contributed by atoms with Gasteiger partial charge in [0.05, 0.1) is 25.7 Å². The molecule has 31 nitrogen and oxygen atoms in total. The monoisotopic (exact) mass is 1220 g/mol. The first-order valence-corrected chi connectivity index (χ1v) is 28.0. The molecule has 1 aromatic rings. The van der Waals surface area contributed by atoms with Crippen LogP contribution in [0.4, 0.5) is 0 Å². The molecule has 0 fully saturated rings. The van der Waals surface area contributed by atoms with Crippen LogP contribution in [0.2, 0.25) is 0 Å². The van der Waals surface area contributed by atoms with E-state index in [0.29, 0.717) is 18.3 Å². The number of hydrogen-bond acceptors (Lipinski definition) is 18. The van der Waals surface area contributed by atoms with Crippen molar-refractivity contribution in [3.63, 3.8) is 0 Å². The Morgan fingerprint density at radius 1 is 0.512 bits per heavy atom. The molecule has 0 saturated heterocycles. The second-order valence-corrected chi connectivity index (χ2v) is 21.5. The third-order valence-corrected chi connectivity index (χ3v) is 12.6. The predicted molar refractivity (Wildman–Crippen MR) is 307 cm³/mol. The zero-order valence-corrected chi connectivity index (χ0v) is 49.5. The molecule has 0 bridgehead atoms. The van der Waals surface area contributed by atoms with Gasteiger partial charge in [-0.2, -0.15) is 0 Å². The Hall–Kier alpha value is -8.58. The number of carbonyl (C=O) groups excluding carboxylic acids is 12. The number of allylic oxidation sites excluding steroid dienone is 1. The van der Waals surface area contributed by atoms with Crippen molar-refractivity contribution in [2.24, 2.45) is 29.2 Å². The summed E-state index contributed by atoms with van der Waals surface area (Å²) in [7, 11) is 0. The number of carboxylic acids is 2. The van der Waals surface area contributed by atoms with Crippen molar-refractivity contribution >= 4 is 83.2 Å². The maximum absolute atomic E-state index is 14.5. The van der Waals surface area contributed by atoms with E-state index in [9.17, 15) is 82.4 Å². The van der Waals surface area contributed by atoms with E-state index in [1.54, 1.807) is 58.0 Å². The summed E-state index contributed by atoms with van der Waals surface area (Å²) in [6.45, 7) is 8.72. The molecule has 10 atom stereocenters. The van der Waals surface area contributed by atoms with Crippen LogP contribution >= 0.6 is 0 Å².